The second kappa shape index (κ2) is 10.3. The molecule has 3 N–H and O–H groups in total. The highest BCUT2D eigenvalue weighted by Crippen LogP contribution is 2.24. The quantitative estimate of drug-likeness (QED) is 0.631. The molecule has 2 aromatic carbocycles. The molecule has 166 valence electrons. The molecule has 1 fully saturated rings. The van der Waals surface area contributed by atoms with Crippen LogP contribution >= 0.6 is 0 Å². The standard InChI is InChI=1S/C24H30N2O5/c1-16(2)17-5-3-8-20(13-17)31-22-15-26(12-11-21(22)28)24(30)10-9-23(29)25-18-6-4-7-19(27)14-18/h3-8,13-14,16,21-22,27-28H,9-12,15H2,1-2H3,(H,25,29)/t21-,22-/m1/s1. The van der Waals surface area contributed by atoms with E-state index in [9.17, 15) is 19.8 Å². The number of likely N-dealkylation sites (tertiary alicyclic amines) is 1. The number of rotatable bonds is 7. The molecule has 0 aliphatic carbocycles. The van der Waals surface area contributed by atoms with Crippen LogP contribution in [-0.2, 0) is 9.59 Å². The average Bonchev–Trinajstić information content (AvgIpc) is 2.74. The van der Waals surface area contributed by atoms with Crippen LogP contribution in [0.4, 0.5) is 5.69 Å². The maximum atomic E-state index is 12.6. The lowest BCUT2D eigenvalue weighted by Crippen LogP contribution is -2.51. The number of aliphatic hydroxyl groups excluding tert-OH is 1. The molecule has 1 aliphatic heterocycles. The monoisotopic (exact) mass is 426 g/mol. The molecule has 2 atom stereocenters. The first-order valence-electron chi connectivity index (χ1n) is 10.6. The normalized spacial score (nSPS) is 18.6. The van der Waals surface area contributed by atoms with Crippen LogP contribution in [0.15, 0.2) is 48.5 Å². The number of piperidine rings is 1. The van der Waals surface area contributed by atoms with E-state index in [1.807, 2.05) is 24.3 Å². The third-order valence-electron chi connectivity index (χ3n) is 5.39. The van der Waals surface area contributed by atoms with Gasteiger partial charge in [-0.25, -0.2) is 0 Å². The second-order valence-corrected chi connectivity index (χ2v) is 8.18. The van der Waals surface area contributed by atoms with Crippen LogP contribution in [0.1, 0.15) is 44.6 Å². The Hall–Kier alpha value is -3.06. The molecular weight excluding hydrogens is 396 g/mol. The molecule has 0 unspecified atom stereocenters. The Labute approximate surface area is 182 Å². The number of aliphatic hydroxyl groups is 1. The van der Waals surface area contributed by atoms with E-state index in [0.717, 1.165) is 5.56 Å². The van der Waals surface area contributed by atoms with Crippen molar-refractivity contribution >= 4 is 17.5 Å². The van der Waals surface area contributed by atoms with Gasteiger partial charge >= 0.3 is 0 Å². The van der Waals surface area contributed by atoms with Crippen molar-refractivity contribution in [2.75, 3.05) is 18.4 Å². The summed E-state index contributed by atoms with van der Waals surface area (Å²) in [6.45, 7) is 4.91. The summed E-state index contributed by atoms with van der Waals surface area (Å²) in [6, 6.07) is 14.0. The third-order valence-corrected chi connectivity index (χ3v) is 5.39. The number of ether oxygens (including phenoxy) is 1. The lowest BCUT2D eigenvalue weighted by molar-refractivity contribution is -0.138. The summed E-state index contributed by atoms with van der Waals surface area (Å²) in [5.74, 6) is 0.654. The summed E-state index contributed by atoms with van der Waals surface area (Å²) in [6.07, 6.45) is -0.635. The van der Waals surface area contributed by atoms with E-state index in [1.165, 1.54) is 12.1 Å². The summed E-state index contributed by atoms with van der Waals surface area (Å²) in [4.78, 5) is 26.4. The Morgan fingerprint density at radius 3 is 2.68 bits per heavy atom. The predicted octanol–water partition coefficient (Wildman–Crippen LogP) is 3.28. The number of nitrogens with one attached hydrogen (secondary N) is 1. The highest BCUT2D eigenvalue weighted by atomic mass is 16.5. The molecule has 7 nitrogen and oxygen atoms in total. The van der Waals surface area contributed by atoms with Crippen LogP contribution in [0.5, 0.6) is 11.5 Å². The lowest BCUT2D eigenvalue weighted by Gasteiger charge is -2.36. The molecule has 0 radical (unpaired) electrons. The Kier molecular flexibility index (Phi) is 7.52. The minimum Gasteiger partial charge on any atom is -0.508 e. The number of amides is 2. The van der Waals surface area contributed by atoms with Crippen molar-refractivity contribution < 1.29 is 24.5 Å². The van der Waals surface area contributed by atoms with Crippen LogP contribution < -0.4 is 10.1 Å². The van der Waals surface area contributed by atoms with E-state index < -0.39 is 12.2 Å². The summed E-state index contributed by atoms with van der Waals surface area (Å²) >= 11 is 0. The van der Waals surface area contributed by atoms with Gasteiger partial charge in [0.2, 0.25) is 11.8 Å². The molecule has 2 aromatic rings. The predicted molar refractivity (Wildman–Crippen MR) is 118 cm³/mol. The molecule has 1 saturated heterocycles. The smallest absolute Gasteiger partial charge is 0.224 e. The van der Waals surface area contributed by atoms with Gasteiger partial charge in [-0.05, 0) is 42.2 Å². The number of carbonyl (C=O) groups excluding carboxylic acids is 2. The van der Waals surface area contributed by atoms with Crippen molar-refractivity contribution in [1.82, 2.24) is 4.90 Å². The highest BCUT2D eigenvalue weighted by molar-refractivity contribution is 5.93. The number of hydrogen-bond donors (Lipinski definition) is 3. The van der Waals surface area contributed by atoms with Crippen LogP contribution in [0.25, 0.3) is 0 Å². The van der Waals surface area contributed by atoms with Crippen molar-refractivity contribution in [2.45, 2.75) is 51.2 Å². The van der Waals surface area contributed by atoms with Gasteiger partial charge in [0.15, 0.2) is 0 Å². The maximum Gasteiger partial charge on any atom is 0.224 e. The van der Waals surface area contributed by atoms with Crippen molar-refractivity contribution in [3.8, 4) is 11.5 Å². The number of carbonyl (C=O) groups is 2. The highest BCUT2D eigenvalue weighted by Gasteiger charge is 2.32. The van der Waals surface area contributed by atoms with E-state index in [1.54, 1.807) is 17.0 Å². The van der Waals surface area contributed by atoms with Crippen LogP contribution in [-0.4, -0.2) is 52.2 Å². The lowest BCUT2D eigenvalue weighted by atomic mass is 10.0. The van der Waals surface area contributed by atoms with Gasteiger partial charge < -0.3 is 25.2 Å². The zero-order valence-electron chi connectivity index (χ0n) is 18.0. The number of nitrogens with zero attached hydrogens (tertiary/aromatic N) is 1. The minimum absolute atomic E-state index is 0.0372. The largest absolute Gasteiger partial charge is 0.508 e. The van der Waals surface area contributed by atoms with Crippen molar-refractivity contribution in [3.05, 3.63) is 54.1 Å². The van der Waals surface area contributed by atoms with E-state index in [-0.39, 0.29) is 37.0 Å². The van der Waals surface area contributed by atoms with E-state index in [2.05, 4.69) is 19.2 Å². The molecule has 1 aliphatic rings. The van der Waals surface area contributed by atoms with Crippen molar-refractivity contribution in [2.24, 2.45) is 0 Å². The molecule has 3 rings (SSSR count). The van der Waals surface area contributed by atoms with Gasteiger partial charge in [0.25, 0.3) is 0 Å². The van der Waals surface area contributed by atoms with Crippen molar-refractivity contribution in [3.63, 3.8) is 0 Å². The first-order valence-corrected chi connectivity index (χ1v) is 10.6. The van der Waals surface area contributed by atoms with Crippen LogP contribution in [0.3, 0.4) is 0 Å². The molecular formula is C24H30N2O5. The van der Waals surface area contributed by atoms with Gasteiger partial charge in [-0.15, -0.1) is 0 Å². The zero-order chi connectivity index (χ0) is 22.4. The Morgan fingerprint density at radius 2 is 1.94 bits per heavy atom. The average molecular weight is 427 g/mol. The molecule has 0 spiro atoms. The number of aromatic hydroxyl groups is 1. The van der Waals surface area contributed by atoms with E-state index >= 15 is 0 Å². The fourth-order valence-corrected chi connectivity index (χ4v) is 3.55. The molecule has 2 amide bonds. The summed E-state index contributed by atoms with van der Waals surface area (Å²) in [7, 11) is 0. The zero-order valence-corrected chi connectivity index (χ0v) is 18.0. The molecule has 1 heterocycles. The van der Waals surface area contributed by atoms with Gasteiger partial charge in [0, 0.05) is 31.1 Å². The number of phenols is 1. The van der Waals surface area contributed by atoms with Crippen LogP contribution in [0, 0.1) is 0 Å². The number of hydrogen-bond acceptors (Lipinski definition) is 5. The summed E-state index contributed by atoms with van der Waals surface area (Å²) in [5, 5.41) is 22.5. The number of benzene rings is 2. The van der Waals surface area contributed by atoms with Gasteiger partial charge in [-0.2, -0.15) is 0 Å². The SMILES string of the molecule is CC(C)c1cccc(O[C@@H]2CN(C(=O)CCC(=O)Nc3cccc(O)c3)CC[C@H]2O)c1. The summed E-state index contributed by atoms with van der Waals surface area (Å²) in [5.41, 5.74) is 1.63. The Bertz CT molecular complexity index is 914. The first-order chi connectivity index (χ1) is 14.8. The van der Waals surface area contributed by atoms with Crippen LogP contribution in [0.2, 0.25) is 0 Å². The Balaban J connectivity index is 1.52. The molecule has 7 heteroatoms. The molecule has 0 saturated carbocycles. The third kappa shape index (κ3) is 6.46. The van der Waals surface area contributed by atoms with E-state index in [4.69, 9.17) is 4.74 Å². The molecule has 31 heavy (non-hydrogen) atoms. The Morgan fingerprint density at radius 1 is 1.16 bits per heavy atom. The van der Waals surface area contributed by atoms with Gasteiger partial charge in [0.05, 0.1) is 12.6 Å². The van der Waals surface area contributed by atoms with Crippen molar-refractivity contribution in [1.29, 1.82) is 0 Å². The van der Waals surface area contributed by atoms with Gasteiger partial charge in [-0.3, -0.25) is 9.59 Å². The second-order valence-electron chi connectivity index (χ2n) is 8.18. The maximum absolute atomic E-state index is 12.6. The first kappa shape index (κ1) is 22.6. The topological polar surface area (TPSA) is 99.1 Å². The molecule has 0 bridgehead atoms. The fraction of sp³-hybridized carbons (Fsp3) is 0.417. The number of anilines is 1. The minimum atomic E-state index is -0.652. The van der Waals surface area contributed by atoms with Gasteiger partial charge in [-0.1, -0.05) is 32.0 Å². The number of phenolic OH excluding ortho intramolecular Hbond substituents is 1. The fourth-order valence-electron chi connectivity index (χ4n) is 3.55. The molecule has 0 aromatic heterocycles. The van der Waals surface area contributed by atoms with E-state index in [0.29, 0.717) is 30.3 Å². The van der Waals surface area contributed by atoms with Gasteiger partial charge in [0.1, 0.15) is 17.6 Å². The summed E-state index contributed by atoms with van der Waals surface area (Å²) < 4.78 is 6.01.